The van der Waals surface area contributed by atoms with E-state index in [9.17, 15) is 4.79 Å². The molecule has 1 heterocycles. The van der Waals surface area contributed by atoms with Crippen molar-refractivity contribution in [2.45, 2.75) is 6.54 Å². The smallest absolute Gasteiger partial charge is 0.220 e. The first-order chi connectivity index (χ1) is 4.79. The van der Waals surface area contributed by atoms with Gasteiger partial charge in [0.25, 0.3) is 0 Å². The van der Waals surface area contributed by atoms with Crippen LogP contribution in [0, 0.1) is 6.92 Å². The molecule has 0 bridgehead atoms. The highest BCUT2D eigenvalue weighted by Gasteiger charge is 1.93. The Morgan fingerprint density at radius 3 is 3.10 bits per heavy atom. The zero-order chi connectivity index (χ0) is 7.40. The van der Waals surface area contributed by atoms with Gasteiger partial charge in [-0.2, -0.15) is 0 Å². The highest BCUT2D eigenvalue weighted by atomic mass is 32.1. The second kappa shape index (κ2) is 3.37. The van der Waals surface area contributed by atoms with Gasteiger partial charge in [-0.05, 0) is 11.4 Å². The van der Waals surface area contributed by atoms with Crippen molar-refractivity contribution in [1.82, 2.24) is 5.32 Å². The Labute approximate surface area is 63.9 Å². The fourth-order valence-electron chi connectivity index (χ4n) is 0.599. The van der Waals surface area contributed by atoms with E-state index in [1.165, 1.54) is 0 Å². The van der Waals surface area contributed by atoms with Gasteiger partial charge in [0.2, 0.25) is 5.91 Å². The molecule has 3 heteroatoms. The second-order valence-electron chi connectivity index (χ2n) is 1.86. The monoisotopic (exact) mass is 154 g/mol. The van der Waals surface area contributed by atoms with Gasteiger partial charge in [0, 0.05) is 11.8 Å². The van der Waals surface area contributed by atoms with Crippen molar-refractivity contribution in [3.8, 4) is 0 Å². The average Bonchev–Trinajstić information content (AvgIpc) is 2.34. The summed E-state index contributed by atoms with van der Waals surface area (Å²) in [5, 5.41) is 4.59. The quantitative estimate of drug-likeness (QED) is 0.681. The van der Waals surface area contributed by atoms with Crippen LogP contribution in [-0.4, -0.2) is 5.91 Å². The lowest BCUT2D eigenvalue weighted by atomic mass is 10.4. The first-order valence-electron chi connectivity index (χ1n) is 2.91. The molecule has 0 fully saturated rings. The van der Waals surface area contributed by atoms with Gasteiger partial charge in [0.15, 0.2) is 0 Å². The van der Waals surface area contributed by atoms with Crippen molar-refractivity contribution in [2.75, 3.05) is 0 Å². The number of amides is 1. The highest BCUT2D eigenvalue weighted by Crippen LogP contribution is 2.06. The molecule has 1 aromatic heterocycles. The average molecular weight is 154 g/mol. The molecule has 0 spiro atoms. The SMILES string of the molecule is [CH2]C(=O)NCc1cccs1. The lowest BCUT2D eigenvalue weighted by Gasteiger charge is -1.95. The van der Waals surface area contributed by atoms with Crippen molar-refractivity contribution < 1.29 is 4.79 Å². The number of rotatable bonds is 2. The topological polar surface area (TPSA) is 29.1 Å². The van der Waals surface area contributed by atoms with Crippen LogP contribution in [0.25, 0.3) is 0 Å². The van der Waals surface area contributed by atoms with Crippen LogP contribution in [0.5, 0.6) is 0 Å². The minimum atomic E-state index is -0.228. The van der Waals surface area contributed by atoms with E-state index in [-0.39, 0.29) is 5.91 Å². The fourth-order valence-corrected chi connectivity index (χ4v) is 1.24. The van der Waals surface area contributed by atoms with E-state index < -0.39 is 0 Å². The Morgan fingerprint density at radius 2 is 2.60 bits per heavy atom. The van der Waals surface area contributed by atoms with Crippen LogP contribution in [0.15, 0.2) is 17.5 Å². The largest absolute Gasteiger partial charge is 0.351 e. The van der Waals surface area contributed by atoms with Crippen LogP contribution < -0.4 is 5.32 Å². The van der Waals surface area contributed by atoms with Crippen LogP contribution in [0.4, 0.5) is 0 Å². The second-order valence-corrected chi connectivity index (χ2v) is 2.89. The summed E-state index contributed by atoms with van der Waals surface area (Å²) in [5.74, 6) is -0.228. The summed E-state index contributed by atoms with van der Waals surface area (Å²) in [7, 11) is 0. The third-order valence-corrected chi connectivity index (χ3v) is 1.92. The molecule has 0 aliphatic carbocycles. The molecule has 0 aliphatic heterocycles. The first-order valence-corrected chi connectivity index (χ1v) is 3.79. The minimum absolute atomic E-state index is 0.228. The molecule has 0 atom stereocenters. The molecule has 1 rings (SSSR count). The normalized spacial score (nSPS) is 9.30. The maximum atomic E-state index is 10.3. The Bertz CT molecular complexity index is 205. The molecule has 1 aromatic rings. The number of hydrogen-bond donors (Lipinski definition) is 1. The van der Waals surface area contributed by atoms with E-state index in [2.05, 4.69) is 12.2 Å². The predicted molar refractivity (Wildman–Crippen MR) is 41.5 cm³/mol. The van der Waals surface area contributed by atoms with Crippen molar-refractivity contribution >= 4 is 17.2 Å². The number of carbonyl (C=O) groups excluding carboxylic acids is 1. The minimum Gasteiger partial charge on any atom is -0.351 e. The van der Waals surface area contributed by atoms with Crippen molar-refractivity contribution in [1.29, 1.82) is 0 Å². The molecule has 1 amide bonds. The Morgan fingerprint density at radius 1 is 1.80 bits per heavy atom. The Kier molecular flexibility index (Phi) is 2.45. The lowest BCUT2D eigenvalue weighted by molar-refractivity contribution is -0.116. The van der Waals surface area contributed by atoms with Crippen LogP contribution in [0.1, 0.15) is 4.88 Å². The summed E-state index contributed by atoms with van der Waals surface area (Å²) >= 11 is 1.62. The number of carbonyl (C=O) groups is 1. The van der Waals surface area contributed by atoms with E-state index in [0.717, 1.165) is 4.88 Å². The Balaban J connectivity index is 2.35. The van der Waals surface area contributed by atoms with Gasteiger partial charge in [-0.1, -0.05) is 6.07 Å². The van der Waals surface area contributed by atoms with Gasteiger partial charge in [-0.25, -0.2) is 0 Å². The molecule has 53 valence electrons. The standard InChI is InChI=1S/C7H8NOS/c1-6(9)8-5-7-3-2-4-10-7/h2-4H,1,5H2,(H,8,9). The molecule has 0 saturated carbocycles. The molecule has 0 aromatic carbocycles. The lowest BCUT2D eigenvalue weighted by Crippen LogP contribution is -2.18. The Hall–Kier alpha value is -0.830. The number of thiophene rings is 1. The zero-order valence-electron chi connectivity index (χ0n) is 5.46. The number of nitrogens with one attached hydrogen (secondary N) is 1. The highest BCUT2D eigenvalue weighted by molar-refractivity contribution is 7.09. The summed E-state index contributed by atoms with van der Waals surface area (Å²) in [6, 6.07) is 3.93. The molecule has 0 saturated heterocycles. The first kappa shape index (κ1) is 7.28. The molecule has 10 heavy (non-hydrogen) atoms. The predicted octanol–water partition coefficient (Wildman–Crippen LogP) is 1.20. The third kappa shape index (κ3) is 2.19. The maximum absolute atomic E-state index is 10.3. The molecule has 0 aliphatic rings. The number of hydrogen-bond acceptors (Lipinski definition) is 2. The fraction of sp³-hybridized carbons (Fsp3) is 0.143. The molecular weight excluding hydrogens is 146 g/mol. The summed E-state index contributed by atoms with van der Waals surface area (Å²) in [6.07, 6.45) is 0. The molecule has 2 nitrogen and oxygen atoms in total. The van der Waals surface area contributed by atoms with E-state index in [0.29, 0.717) is 6.54 Å². The van der Waals surface area contributed by atoms with Crippen LogP contribution in [-0.2, 0) is 11.3 Å². The molecule has 1 radical (unpaired) electrons. The summed E-state index contributed by atoms with van der Waals surface area (Å²) in [5.41, 5.74) is 0. The molecular formula is C7H8NOS. The molecule has 1 N–H and O–H groups in total. The van der Waals surface area contributed by atoms with Gasteiger partial charge in [-0.3, -0.25) is 4.79 Å². The van der Waals surface area contributed by atoms with E-state index in [1.54, 1.807) is 11.3 Å². The van der Waals surface area contributed by atoms with Crippen LogP contribution in [0.2, 0.25) is 0 Å². The van der Waals surface area contributed by atoms with Crippen LogP contribution in [0.3, 0.4) is 0 Å². The third-order valence-electron chi connectivity index (χ3n) is 1.04. The van der Waals surface area contributed by atoms with Gasteiger partial charge in [-0.15, -0.1) is 11.3 Å². The maximum Gasteiger partial charge on any atom is 0.220 e. The zero-order valence-corrected chi connectivity index (χ0v) is 6.28. The van der Waals surface area contributed by atoms with E-state index in [1.807, 2.05) is 17.5 Å². The summed E-state index contributed by atoms with van der Waals surface area (Å²) in [4.78, 5) is 11.5. The van der Waals surface area contributed by atoms with Crippen molar-refractivity contribution in [2.24, 2.45) is 0 Å². The summed E-state index contributed by atoms with van der Waals surface area (Å²) < 4.78 is 0. The van der Waals surface area contributed by atoms with Crippen LogP contribution >= 0.6 is 11.3 Å². The van der Waals surface area contributed by atoms with Gasteiger partial charge < -0.3 is 5.32 Å². The summed E-state index contributed by atoms with van der Waals surface area (Å²) in [6.45, 7) is 3.79. The van der Waals surface area contributed by atoms with Gasteiger partial charge in [0.05, 0.1) is 6.54 Å². The van der Waals surface area contributed by atoms with Gasteiger partial charge >= 0.3 is 0 Å². The van der Waals surface area contributed by atoms with Gasteiger partial charge in [0.1, 0.15) is 0 Å². The van der Waals surface area contributed by atoms with E-state index >= 15 is 0 Å². The van der Waals surface area contributed by atoms with Crippen molar-refractivity contribution in [3.63, 3.8) is 0 Å². The van der Waals surface area contributed by atoms with Crippen molar-refractivity contribution in [3.05, 3.63) is 29.3 Å². The van der Waals surface area contributed by atoms with E-state index in [4.69, 9.17) is 0 Å². The molecule has 0 unspecified atom stereocenters.